The van der Waals surface area contributed by atoms with Gasteiger partial charge in [-0.2, -0.15) is 0 Å². The van der Waals surface area contributed by atoms with Crippen molar-refractivity contribution in [3.63, 3.8) is 0 Å². The van der Waals surface area contributed by atoms with E-state index in [1.54, 1.807) is 9.80 Å². The molecule has 0 unspecified atom stereocenters. The predicted octanol–water partition coefficient (Wildman–Crippen LogP) is 3.15. The molecule has 128 valence electrons. The quantitative estimate of drug-likeness (QED) is 0.870. The van der Waals surface area contributed by atoms with Crippen LogP contribution in [0.5, 0.6) is 0 Å². The zero-order valence-electron chi connectivity index (χ0n) is 14.5. The molecule has 3 amide bonds. The van der Waals surface area contributed by atoms with Crippen LogP contribution in [-0.4, -0.2) is 37.0 Å². The first-order valence-electron chi connectivity index (χ1n) is 8.51. The van der Waals surface area contributed by atoms with Gasteiger partial charge in [-0.3, -0.25) is 4.79 Å². The van der Waals surface area contributed by atoms with Gasteiger partial charge >= 0.3 is 6.03 Å². The number of para-hydroxylation sites is 1. The van der Waals surface area contributed by atoms with Crippen LogP contribution in [0.3, 0.4) is 0 Å². The van der Waals surface area contributed by atoms with E-state index < -0.39 is 5.41 Å². The number of rotatable bonds is 1. The minimum absolute atomic E-state index is 0.0827. The number of likely N-dealkylation sites (tertiary alicyclic amines) is 1. The molecule has 1 fully saturated rings. The highest BCUT2D eigenvalue weighted by Crippen LogP contribution is 2.46. The first kappa shape index (κ1) is 15.7. The van der Waals surface area contributed by atoms with Crippen molar-refractivity contribution in [2.45, 2.75) is 18.8 Å². The van der Waals surface area contributed by atoms with Crippen molar-refractivity contribution in [2.24, 2.45) is 0 Å². The minimum Gasteiger partial charge on any atom is -0.323 e. The van der Waals surface area contributed by atoms with Gasteiger partial charge in [0, 0.05) is 31.5 Å². The molecule has 1 atom stereocenters. The number of nitrogens with zero attached hydrogens (tertiary/aromatic N) is 2. The number of urea groups is 1. The number of benzene rings is 2. The number of carbonyl (C=O) groups is 2. The lowest BCUT2D eigenvalue weighted by Gasteiger charge is -2.23. The van der Waals surface area contributed by atoms with Crippen LogP contribution >= 0.6 is 0 Å². The number of fused-ring (bicyclic) bond motifs is 2. The van der Waals surface area contributed by atoms with Gasteiger partial charge in [-0.15, -0.1) is 0 Å². The second-order valence-corrected chi connectivity index (χ2v) is 6.93. The van der Waals surface area contributed by atoms with Crippen LogP contribution in [0.25, 0.3) is 0 Å². The third-order valence-electron chi connectivity index (χ3n) is 5.35. The number of likely N-dealkylation sites (N-methyl/N-ethyl adjacent to an activating group) is 1. The summed E-state index contributed by atoms with van der Waals surface area (Å²) in [6.07, 6.45) is 0.661. The Balaban J connectivity index is 1.56. The van der Waals surface area contributed by atoms with Gasteiger partial charge in [0.05, 0.1) is 5.41 Å². The molecule has 2 aliphatic rings. The van der Waals surface area contributed by atoms with Crippen molar-refractivity contribution in [2.75, 3.05) is 30.4 Å². The van der Waals surface area contributed by atoms with Crippen LogP contribution in [-0.2, 0) is 10.2 Å². The Kier molecular flexibility index (Phi) is 3.53. The lowest BCUT2D eigenvalue weighted by Crippen LogP contribution is -2.42. The zero-order valence-corrected chi connectivity index (χ0v) is 14.5. The second-order valence-electron chi connectivity index (χ2n) is 6.93. The van der Waals surface area contributed by atoms with Crippen molar-refractivity contribution >= 4 is 23.3 Å². The first-order chi connectivity index (χ1) is 12.0. The first-order valence-corrected chi connectivity index (χ1v) is 8.51. The topological polar surface area (TPSA) is 52.7 Å². The third-order valence-corrected chi connectivity index (χ3v) is 5.35. The number of aryl methyl sites for hydroxylation is 1. The van der Waals surface area contributed by atoms with E-state index >= 15 is 0 Å². The molecular formula is C20H21N3O2. The number of nitrogens with one attached hydrogen (secondary N) is 1. The highest BCUT2D eigenvalue weighted by Gasteiger charge is 2.54. The van der Waals surface area contributed by atoms with Crippen molar-refractivity contribution in [1.82, 2.24) is 4.90 Å². The molecule has 1 spiro atoms. The molecule has 0 aromatic heterocycles. The van der Waals surface area contributed by atoms with Gasteiger partial charge in [0.25, 0.3) is 0 Å². The fraction of sp³-hybridized carbons (Fsp3) is 0.300. The van der Waals surface area contributed by atoms with Gasteiger partial charge < -0.3 is 15.1 Å². The molecule has 0 aliphatic carbocycles. The molecule has 2 aromatic carbocycles. The fourth-order valence-corrected chi connectivity index (χ4v) is 3.93. The van der Waals surface area contributed by atoms with E-state index in [2.05, 4.69) is 5.32 Å². The number of hydrogen-bond acceptors (Lipinski definition) is 2. The van der Waals surface area contributed by atoms with E-state index in [0.717, 1.165) is 22.5 Å². The zero-order chi connectivity index (χ0) is 17.6. The monoisotopic (exact) mass is 335 g/mol. The van der Waals surface area contributed by atoms with Gasteiger partial charge in [-0.25, -0.2) is 4.79 Å². The molecule has 2 aliphatic heterocycles. The van der Waals surface area contributed by atoms with E-state index in [9.17, 15) is 9.59 Å². The van der Waals surface area contributed by atoms with Crippen LogP contribution < -0.4 is 10.2 Å². The second kappa shape index (κ2) is 5.62. The maximum absolute atomic E-state index is 12.9. The van der Waals surface area contributed by atoms with Crippen molar-refractivity contribution in [3.05, 3.63) is 59.7 Å². The van der Waals surface area contributed by atoms with Crippen molar-refractivity contribution in [3.8, 4) is 0 Å². The van der Waals surface area contributed by atoms with E-state index in [1.807, 2.05) is 62.5 Å². The van der Waals surface area contributed by atoms with Crippen LogP contribution in [0.2, 0.25) is 0 Å². The molecule has 2 aromatic rings. The van der Waals surface area contributed by atoms with Crippen molar-refractivity contribution < 1.29 is 9.59 Å². The molecule has 5 heteroatoms. The summed E-state index contributed by atoms with van der Waals surface area (Å²) in [5.41, 5.74) is 3.30. The lowest BCUT2D eigenvalue weighted by molar-refractivity contribution is -0.122. The summed E-state index contributed by atoms with van der Waals surface area (Å²) < 4.78 is 0. The number of hydrogen-bond donors (Lipinski definition) is 1. The van der Waals surface area contributed by atoms with Crippen LogP contribution in [0, 0.1) is 6.92 Å². The highest BCUT2D eigenvalue weighted by atomic mass is 16.2. The van der Waals surface area contributed by atoms with E-state index in [1.165, 1.54) is 0 Å². The molecule has 4 rings (SSSR count). The average molecular weight is 335 g/mol. The normalized spacial score (nSPS) is 21.8. The predicted molar refractivity (Wildman–Crippen MR) is 97.9 cm³/mol. The Morgan fingerprint density at radius 2 is 1.84 bits per heavy atom. The summed E-state index contributed by atoms with van der Waals surface area (Å²) in [5, 5.41) is 2.93. The maximum atomic E-state index is 12.9. The smallest absolute Gasteiger partial charge is 0.321 e. The molecule has 0 bridgehead atoms. The van der Waals surface area contributed by atoms with Gasteiger partial charge in [-0.1, -0.05) is 35.9 Å². The Bertz CT molecular complexity index is 846. The van der Waals surface area contributed by atoms with Gasteiger partial charge in [0.2, 0.25) is 5.91 Å². The highest BCUT2D eigenvalue weighted by molar-refractivity contribution is 6.08. The Labute approximate surface area is 147 Å². The van der Waals surface area contributed by atoms with Crippen LogP contribution in [0.15, 0.2) is 48.5 Å². The summed E-state index contributed by atoms with van der Waals surface area (Å²) in [7, 11) is 1.81. The fourth-order valence-electron chi connectivity index (χ4n) is 3.93. The summed E-state index contributed by atoms with van der Waals surface area (Å²) in [6, 6.07) is 15.4. The summed E-state index contributed by atoms with van der Waals surface area (Å²) in [4.78, 5) is 29.0. The summed E-state index contributed by atoms with van der Waals surface area (Å²) >= 11 is 0. The molecule has 5 nitrogen and oxygen atoms in total. The molecule has 2 heterocycles. The standard InChI is InChI=1S/C20H21N3O2/c1-14-7-9-15(10-8-14)21-19(25)23-12-11-20(13-23)16-5-3-4-6-17(16)22(2)18(20)24/h3-10H,11-13H2,1-2H3,(H,21,25)/t20-/m1/s1. The molecular weight excluding hydrogens is 314 g/mol. The number of carbonyl (C=O) groups excluding carboxylic acids is 2. The van der Waals surface area contributed by atoms with Crippen LogP contribution in [0.1, 0.15) is 17.5 Å². The largest absolute Gasteiger partial charge is 0.323 e. The molecule has 0 saturated carbocycles. The molecule has 0 radical (unpaired) electrons. The van der Waals surface area contributed by atoms with Gasteiger partial charge in [0.1, 0.15) is 0 Å². The average Bonchev–Trinajstić information content (AvgIpc) is 3.16. The minimum atomic E-state index is -0.601. The maximum Gasteiger partial charge on any atom is 0.321 e. The molecule has 25 heavy (non-hydrogen) atoms. The van der Waals surface area contributed by atoms with Crippen molar-refractivity contribution in [1.29, 1.82) is 0 Å². The summed E-state index contributed by atoms with van der Waals surface area (Å²) in [5.74, 6) is 0.0827. The Morgan fingerprint density at radius 1 is 1.12 bits per heavy atom. The van der Waals surface area contributed by atoms with Crippen LogP contribution in [0.4, 0.5) is 16.2 Å². The Morgan fingerprint density at radius 3 is 2.60 bits per heavy atom. The third kappa shape index (κ3) is 2.38. The molecule has 1 saturated heterocycles. The summed E-state index contributed by atoms with van der Waals surface area (Å²) in [6.45, 7) is 3.01. The lowest BCUT2D eigenvalue weighted by atomic mass is 9.81. The van der Waals surface area contributed by atoms with Gasteiger partial charge in [0.15, 0.2) is 0 Å². The van der Waals surface area contributed by atoms with E-state index in [4.69, 9.17) is 0 Å². The number of amides is 3. The number of anilines is 2. The Hall–Kier alpha value is -2.82. The SMILES string of the molecule is Cc1ccc(NC(=O)N2CC[C@]3(C2)C(=O)N(C)c2ccccc23)cc1. The van der Waals surface area contributed by atoms with E-state index in [0.29, 0.717) is 19.5 Å². The van der Waals surface area contributed by atoms with Gasteiger partial charge in [-0.05, 0) is 37.1 Å². The molecule has 1 N–H and O–H groups in total. The van der Waals surface area contributed by atoms with E-state index in [-0.39, 0.29) is 11.9 Å².